The molecule has 1 unspecified atom stereocenters. The predicted molar refractivity (Wildman–Crippen MR) is 94.6 cm³/mol. The minimum atomic E-state index is -0.219. The fourth-order valence-electron chi connectivity index (χ4n) is 3.33. The second-order valence-electron chi connectivity index (χ2n) is 6.30. The maximum atomic E-state index is 13.9. The number of ether oxygens (including phenoxy) is 1. The molecule has 2 saturated heterocycles. The maximum Gasteiger partial charge on any atom is 0.273 e. The van der Waals surface area contributed by atoms with Crippen LogP contribution in [0.1, 0.15) is 34.4 Å². The van der Waals surface area contributed by atoms with Crippen molar-refractivity contribution < 1.29 is 13.9 Å². The molecule has 132 valence electrons. The van der Waals surface area contributed by atoms with Gasteiger partial charge in [-0.2, -0.15) is 0 Å². The zero-order chi connectivity index (χ0) is 17.2. The molecule has 2 aromatic rings. The number of benzene rings is 1. The summed E-state index contributed by atoms with van der Waals surface area (Å²) in [4.78, 5) is 20.9. The molecular weight excluding hydrogens is 341 g/mol. The Labute approximate surface area is 150 Å². The first-order chi connectivity index (χ1) is 12.2. The largest absolute Gasteiger partial charge is 0.371 e. The second-order valence-corrected chi connectivity index (χ2v) is 7.19. The van der Waals surface area contributed by atoms with Crippen molar-refractivity contribution >= 4 is 22.9 Å². The Morgan fingerprint density at radius 1 is 1.24 bits per heavy atom. The highest BCUT2D eigenvalue weighted by Crippen LogP contribution is 2.31. The van der Waals surface area contributed by atoms with Gasteiger partial charge in [0.1, 0.15) is 22.6 Å². The third-order valence-corrected chi connectivity index (χ3v) is 5.64. The molecule has 1 atom stereocenters. The number of anilines is 1. The molecule has 5 nitrogen and oxygen atoms in total. The normalized spacial score (nSPS) is 20.9. The van der Waals surface area contributed by atoms with Gasteiger partial charge in [-0.05, 0) is 25.0 Å². The van der Waals surface area contributed by atoms with E-state index in [-0.39, 0.29) is 17.8 Å². The van der Waals surface area contributed by atoms with Gasteiger partial charge in [-0.15, -0.1) is 11.3 Å². The average molecular weight is 361 g/mol. The topological polar surface area (TPSA) is 45.7 Å². The van der Waals surface area contributed by atoms with Crippen LogP contribution < -0.4 is 4.90 Å². The van der Waals surface area contributed by atoms with Crippen molar-refractivity contribution in [3.8, 4) is 0 Å². The number of carbonyl (C=O) groups is 1. The second kappa shape index (κ2) is 7.09. The summed E-state index contributed by atoms with van der Waals surface area (Å²) in [5.74, 6) is -0.267. The Morgan fingerprint density at radius 3 is 2.76 bits per heavy atom. The maximum absolute atomic E-state index is 13.9. The number of carbonyl (C=O) groups excluding carboxylic acids is 1. The molecule has 0 saturated carbocycles. The fourth-order valence-corrected chi connectivity index (χ4v) is 4.20. The SMILES string of the molecule is O=C(c1csc(C2CCCO2)n1)N1CCN(c2ccccc2F)CC1. The molecule has 0 bridgehead atoms. The van der Waals surface area contributed by atoms with E-state index >= 15 is 0 Å². The lowest BCUT2D eigenvalue weighted by molar-refractivity contribution is 0.0739. The van der Waals surface area contributed by atoms with Gasteiger partial charge in [0.15, 0.2) is 0 Å². The summed E-state index contributed by atoms with van der Waals surface area (Å²) < 4.78 is 19.5. The molecule has 1 aromatic heterocycles. The number of hydrogen-bond acceptors (Lipinski definition) is 5. The molecule has 0 spiro atoms. The van der Waals surface area contributed by atoms with Crippen LogP contribution >= 0.6 is 11.3 Å². The van der Waals surface area contributed by atoms with Crippen molar-refractivity contribution in [3.05, 3.63) is 46.2 Å². The average Bonchev–Trinajstić information content (AvgIpc) is 3.33. The molecule has 2 aliphatic rings. The van der Waals surface area contributed by atoms with E-state index < -0.39 is 0 Å². The van der Waals surface area contributed by atoms with Crippen molar-refractivity contribution in [1.82, 2.24) is 9.88 Å². The van der Waals surface area contributed by atoms with E-state index in [0.29, 0.717) is 37.6 Å². The van der Waals surface area contributed by atoms with Gasteiger partial charge in [-0.25, -0.2) is 9.37 Å². The number of rotatable bonds is 3. The molecular formula is C18H20FN3O2S. The number of hydrogen-bond donors (Lipinski definition) is 0. The lowest BCUT2D eigenvalue weighted by Gasteiger charge is -2.35. The molecule has 4 rings (SSSR count). The Kier molecular flexibility index (Phi) is 4.67. The van der Waals surface area contributed by atoms with Crippen molar-refractivity contribution in [2.24, 2.45) is 0 Å². The van der Waals surface area contributed by atoms with Gasteiger partial charge in [0.05, 0.1) is 5.69 Å². The third kappa shape index (κ3) is 3.39. The smallest absolute Gasteiger partial charge is 0.273 e. The Hall–Kier alpha value is -1.99. The first kappa shape index (κ1) is 16.5. The van der Waals surface area contributed by atoms with Crippen LogP contribution in [0.4, 0.5) is 10.1 Å². The number of amides is 1. The van der Waals surface area contributed by atoms with Crippen molar-refractivity contribution in [1.29, 1.82) is 0 Å². The molecule has 7 heteroatoms. The van der Waals surface area contributed by atoms with E-state index in [9.17, 15) is 9.18 Å². The first-order valence-electron chi connectivity index (χ1n) is 8.58. The van der Waals surface area contributed by atoms with E-state index in [1.54, 1.807) is 17.0 Å². The molecule has 2 aliphatic heterocycles. The van der Waals surface area contributed by atoms with Gasteiger partial charge in [-0.1, -0.05) is 12.1 Å². The van der Waals surface area contributed by atoms with E-state index in [1.807, 2.05) is 16.3 Å². The lowest BCUT2D eigenvalue weighted by Crippen LogP contribution is -2.49. The first-order valence-corrected chi connectivity index (χ1v) is 9.46. The molecule has 0 aliphatic carbocycles. The number of halogens is 1. The van der Waals surface area contributed by atoms with Crippen LogP contribution in [0.3, 0.4) is 0 Å². The molecule has 25 heavy (non-hydrogen) atoms. The molecule has 2 fully saturated rings. The van der Waals surface area contributed by atoms with Crippen molar-refractivity contribution in [2.45, 2.75) is 18.9 Å². The monoisotopic (exact) mass is 361 g/mol. The highest BCUT2D eigenvalue weighted by molar-refractivity contribution is 7.09. The summed E-state index contributed by atoms with van der Waals surface area (Å²) in [6.45, 7) is 3.15. The van der Waals surface area contributed by atoms with Gasteiger partial charge in [0.2, 0.25) is 0 Å². The summed E-state index contributed by atoms with van der Waals surface area (Å²) in [6, 6.07) is 6.76. The minimum Gasteiger partial charge on any atom is -0.371 e. The lowest BCUT2D eigenvalue weighted by atomic mass is 10.2. The summed E-state index contributed by atoms with van der Waals surface area (Å²) in [5, 5.41) is 2.72. The Bertz CT molecular complexity index is 752. The Morgan fingerprint density at radius 2 is 2.04 bits per heavy atom. The van der Waals surface area contributed by atoms with Crippen LogP contribution in [-0.2, 0) is 4.74 Å². The summed E-state index contributed by atoms with van der Waals surface area (Å²) in [6.07, 6.45) is 2.07. The number of piperazine rings is 1. The molecule has 0 radical (unpaired) electrons. The molecule has 1 amide bonds. The number of aromatic nitrogens is 1. The molecule has 1 aromatic carbocycles. The van der Waals surface area contributed by atoms with Gasteiger partial charge in [0.25, 0.3) is 5.91 Å². The molecule has 3 heterocycles. The molecule has 0 N–H and O–H groups in total. The van der Waals surface area contributed by atoms with Gasteiger partial charge in [-0.3, -0.25) is 4.79 Å². The van der Waals surface area contributed by atoms with Crippen LogP contribution in [0.2, 0.25) is 0 Å². The number of para-hydroxylation sites is 1. The third-order valence-electron chi connectivity index (χ3n) is 4.71. The summed E-state index contributed by atoms with van der Waals surface area (Å²) >= 11 is 1.49. The van der Waals surface area contributed by atoms with Crippen LogP contribution in [0.15, 0.2) is 29.6 Å². The minimum absolute atomic E-state index is 0.0458. The van der Waals surface area contributed by atoms with Gasteiger partial charge < -0.3 is 14.5 Å². The quantitative estimate of drug-likeness (QED) is 0.843. The van der Waals surface area contributed by atoms with Crippen LogP contribution in [0.5, 0.6) is 0 Å². The highest BCUT2D eigenvalue weighted by Gasteiger charge is 2.27. The van der Waals surface area contributed by atoms with E-state index in [1.165, 1.54) is 17.4 Å². The van der Waals surface area contributed by atoms with Gasteiger partial charge >= 0.3 is 0 Å². The highest BCUT2D eigenvalue weighted by atomic mass is 32.1. The zero-order valence-electron chi connectivity index (χ0n) is 13.9. The predicted octanol–water partition coefficient (Wildman–Crippen LogP) is 3.10. The number of thiazole rings is 1. The van der Waals surface area contributed by atoms with E-state index in [4.69, 9.17) is 4.74 Å². The van der Waals surface area contributed by atoms with Crippen LogP contribution in [0, 0.1) is 5.82 Å². The fraction of sp³-hybridized carbons (Fsp3) is 0.444. The number of nitrogens with zero attached hydrogens (tertiary/aromatic N) is 3. The van der Waals surface area contributed by atoms with Crippen molar-refractivity contribution in [3.63, 3.8) is 0 Å². The van der Waals surface area contributed by atoms with Gasteiger partial charge in [0, 0.05) is 38.2 Å². The standard InChI is InChI=1S/C18H20FN3O2S/c19-13-4-1-2-5-15(13)21-7-9-22(10-8-21)18(23)14-12-25-17(20-14)16-6-3-11-24-16/h1-2,4-5,12,16H,3,6-11H2. The van der Waals surface area contributed by atoms with Crippen LogP contribution in [-0.4, -0.2) is 48.6 Å². The summed E-state index contributed by atoms with van der Waals surface area (Å²) in [5.41, 5.74) is 1.10. The zero-order valence-corrected chi connectivity index (χ0v) is 14.7. The van der Waals surface area contributed by atoms with Crippen molar-refractivity contribution in [2.75, 3.05) is 37.7 Å². The van der Waals surface area contributed by atoms with Crippen LogP contribution in [0.25, 0.3) is 0 Å². The van der Waals surface area contributed by atoms with E-state index in [2.05, 4.69) is 4.98 Å². The Balaban J connectivity index is 1.39. The summed E-state index contributed by atoms with van der Waals surface area (Å²) in [7, 11) is 0. The van der Waals surface area contributed by atoms with E-state index in [0.717, 1.165) is 24.5 Å².